The molecule has 2 atom stereocenters. The van der Waals surface area contributed by atoms with Crippen LogP contribution in [0.25, 0.3) is 0 Å². The minimum Gasteiger partial charge on any atom is -0.313 e. The van der Waals surface area contributed by atoms with Crippen LogP contribution in [0, 0.1) is 5.41 Å². The molecule has 0 fully saturated rings. The van der Waals surface area contributed by atoms with Gasteiger partial charge in [-0.2, -0.15) is 0 Å². The Balaban J connectivity index is 4.17. The molecule has 18 heavy (non-hydrogen) atoms. The first-order valence-electron chi connectivity index (χ1n) is 7.76. The van der Waals surface area contributed by atoms with Crippen molar-refractivity contribution in [1.82, 2.24) is 10.2 Å². The van der Waals surface area contributed by atoms with E-state index in [1.807, 2.05) is 0 Å². The Morgan fingerprint density at radius 3 is 2.11 bits per heavy atom. The van der Waals surface area contributed by atoms with Gasteiger partial charge in [-0.05, 0) is 51.7 Å². The Bertz CT molecular complexity index is 196. The molecule has 0 rings (SSSR count). The van der Waals surface area contributed by atoms with Crippen molar-refractivity contribution in [3.63, 3.8) is 0 Å². The molecule has 2 nitrogen and oxygen atoms in total. The zero-order valence-corrected chi connectivity index (χ0v) is 13.8. The lowest BCUT2D eigenvalue weighted by Gasteiger charge is -2.34. The molecule has 0 aliphatic carbocycles. The second kappa shape index (κ2) is 8.92. The molecule has 0 aliphatic rings. The lowest BCUT2D eigenvalue weighted by atomic mass is 9.84. The molecule has 0 aromatic carbocycles. The first-order chi connectivity index (χ1) is 8.32. The smallest absolute Gasteiger partial charge is 0.0128 e. The van der Waals surface area contributed by atoms with Crippen LogP contribution in [-0.4, -0.2) is 37.1 Å². The summed E-state index contributed by atoms with van der Waals surface area (Å²) < 4.78 is 0. The van der Waals surface area contributed by atoms with E-state index in [0.29, 0.717) is 17.5 Å². The van der Waals surface area contributed by atoms with Gasteiger partial charge >= 0.3 is 0 Å². The minimum atomic E-state index is 0.351. The van der Waals surface area contributed by atoms with Crippen LogP contribution in [0.2, 0.25) is 0 Å². The van der Waals surface area contributed by atoms with E-state index in [9.17, 15) is 0 Å². The molecule has 2 unspecified atom stereocenters. The van der Waals surface area contributed by atoms with Crippen molar-refractivity contribution >= 4 is 0 Å². The number of nitrogens with zero attached hydrogens (tertiary/aromatic N) is 1. The summed E-state index contributed by atoms with van der Waals surface area (Å²) in [7, 11) is 2.26. The first kappa shape index (κ1) is 17.9. The molecule has 0 heterocycles. The van der Waals surface area contributed by atoms with Crippen molar-refractivity contribution in [2.75, 3.05) is 20.1 Å². The van der Waals surface area contributed by atoms with Gasteiger partial charge in [-0.1, -0.05) is 41.0 Å². The van der Waals surface area contributed by atoms with Gasteiger partial charge in [0.2, 0.25) is 0 Å². The standard InChI is InChI=1S/C16H36N2/c1-8-10-14(3)18(7)13-11-15(16(4,5)6)17-12-9-2/h14-15,17H,8-13H2,1-7H3. The molecule has 2 heteroatoms. The Kier molecular flexibility index (Phi) is 8.89. The molecule has 0 aromatic rings. The summed E-state index contributed by atoms with van der Waals surface area (Å²) in [6.07, 6.45) is 5.05. The summed E-state index contributed by atoms with van der Waals surface area (Å²) in [5.74, 6) is 0. The van der Waals surface area contributed by atoms with Crippen LogP contribution in [-0.2, 0) is 0 Å². The maximum atomic E-state index is 3.71. The molecule has 0 aromatic heterocycles. The van der Waals surface area contributed by atoms with Gasteiger partial charge in [0.05, 0.1) is 0 Å². The van der Waals surface area contributed by atoms with E-state index in [1.165, 1.54) is 32.2 Å². The number of hydrogen-bond donors (Lipinski definition) is 1. The Hall–Kier alpha value is -0.0800. The van der Waals surface area contributed by atoms with Gasteiger partial charge in [0.25, 0.3) is 0 Å². The Morgan fingerprint density at radius 2 is 1.67 bits per heavy atom. The summed E-state index contributed by atoms with van der Waals surface area (Å²) in [6, 6.07) is 1.33. The van der Waals surface area contributed by atoms with Crippen LogP contribution in [0.15, 0.2) is 0 Å². The first-order valence-corrected chi connectivity index (χ1v) is 7.76. The molecule has 0 spiro atoms. The van der Waals surface area contributed by atoms with Crippen molar-refractivity contribution in [3.8, 4) is 0 Å². The van der Waals surface area contributed by atoms with Crippen LogP contribution in [0.1, 0.15) is 67.2 Å². The second-order valence-corrected chi connectivity index (χ2v) is 6.78. The molecule has 0 saturated heterocycles. The molecular weight excluding hydrogens is 220 g/mol. The lowest BCUT2D eigenvalue weighted by molar-refractivity contribution is 0.192. The SMILES string of the molecule is CCCNC(CCN(C)C(C)CCC)C(C)(C)C. The van der Waals surface area contributed by atoms with E-state index in [4.69, 9.17) is 0 Å². The third kappa shape index (κ3) is 7.38. The highest BCUT2D eigenvalue weighted by atomic mass is 15.1. The molecule has 0 radical (unpaired) electrons. The predicted molar refractivity (Wildman–Crippen MR) is 83.2 cm³/mol. The van der Waals surface area contributed by atoms with E-state index in [2.05, 4.69) is 58.8 Å². The number of rotatable bonds is 9. The summed E-state index contributed by atoms with van der Waals surface area (Å²) in [5, 5.41) is 3.71. The van der Waals surface area contributed by atoms with Crippen molar-refractivity contribution in [2.24, 2.45) is 5.41 Å². The molecule has 0 saturated carbocycles. The number of nitrogens with one attached hydrogen (secondary N) is 1. The van der Waals surface area contributed by atoms with Gasteiger partial charge in [-0.15, -0.1) is 0 Å². The summed E-state index contributed by atoms with van der Waals surface area (Å²) in [4.78, 5) is 2.51. The van der Waals surface area contributed by atoms with Gasteiger partial charge < -0.3 is 10.2 Å². The fourth-order valence-electron chi connectivity index (χ4n) is 2.35. The second-order valence-electron chi connectivity index (χ2n) is 6.78. The molecule has 1 N–H and O–H groups in total. The molecule has 0 amide bonds. The summed E-state index contributed by atoms with van der Waals surface area (Å²) in [5.41, 5.74) is 0.351. The molecular formula is C16H36N2. The van der Waals surface area contributed by atoms with Crippen molar-refractivity contribution in [3.05, 3.63) is 0 Å². The van der Waals surface area contributed by atoms with E-state index >= 15 is 0 Å². The third-order valence-corrected chi connectivity index (χ3v) is 3.92. The minimum absolute atomic E-state index is 0.351. The van der Waals surface area contributed by atoms with Crippen LogP contribution >= 0.6 is 0 Å². The highest BCUT2D eigenvalue weighted by Crippen LogP contribution is 2.22. The van der Waals surface area contributed by atoms with Crippen molar-refractivity contribution < 1.29 is 0 Å². The maximum absolute atomic E-state index is 3.71. The fraction of sp³-hybridized carbons (Fsp3) is 1.00. The quantitative estimate of drug-likeness (QED) is 0.673. The van der Waals surface area contributed by atoms with Crippen LogP contribution in [0.5, 0.6) is 0 Å². The summed E-state index contributed by atoms with van der Waals surface area (Å²) in [6.45, 7) is 16.2. The van der Waals surface area contributed by atoms with Gasteiger partial charge in [0.15, 0.2) is 0 Å². The van der Waals surface area contributed by atoms with Crippen molar-refractivity contribution in [1.29, 1.82) is 0 Å². The van der Waals surface area contributed by atoms with E-state index in [0.717, 1.165) is 6.54 Å². The Labute approximate surface area is 116 Å². The van der Waals surface area contributed by atoms with Gasteiger partial charge in [0.1, 0.15) is 0 Å². The third-order valence-electron chi connectivity index (χ3n) is 3.92. The average Bonchev–Trinajstić information content (AvgIpc) is 2.27. The highest BCUT2D eigenvalue weighted by molar-refractivity contribution is 4.81. The monoisotopic (exact) mass is 256 g/mol. The highest BCUT2D eigenvalue weighted by Gasteiger charge is 2.24. The molecule has 0 bridgehead atoms. The lowest BCUT2D eigenvalue weighted by Crippen LogP contribution is -2.43. The summed E-state index contributed by atoms with van der Waals surface area (Å²) >= 11 is 0. The predicted octanol–water partition coefficient (Wildman–Crippen LogP) is 3.91. The maximum Gasteiger partial charge on any atom is 0.0128 e. The van der Waals surface area contributed by atoms with Gasteiger partial charge in [-0.25, -0.2) is 0 Å². The largest absolute Gasteiger partial charge is 0.313 e. The van der Waals surface area contributed by atoms with Crippen LogP contribution < -0.4 is 5.32 Å². The topological polar surface area (TPSA) is 15.3 Å². The van der Waals surface area contributed by atoms with Gasteiger partial charge in [-0.3, -0.25) is 0 Å². The molecule has 110 valence electrons. The molecule has 0 aliphatic heterocycles. The fourth-order valence-corrected chi connectivity index (χ4v) is 2.35. The van der Waals surface area contributed by atoms with Crippen LogP contribution in [0.4, 0.5) is 0 Å². The average molecular weight is 256 g/mol. The zero-order chi connectivity index (χ0) is 14.2. The normalized spacial score (nSPS) is 16.0. The van der Waals surface area contributed by atoms with Crippen LogP contribution in [0.3, 0.4) is 0 Å². The number of hydrogen-bond acceptors (Lipinski definition) is 2. The van der Waals surface area contributed by atoms with Gasteiger partial charge in [0, 0.05) is 12.1 Å². The van der Waals surface area contributed by atoms with E-state index < -0.39 is 0 Å². The zero-order valence-electron chi connectivity index (χ0n) is 13.8. The van der Waals surface area contributed by atoms with E-state index in [1.54, 1.807) is 0 Å². The van der Waals surface area contributed by atoms with Crippen molar-refractivity contribution in [2.45, 2.75) is 79.3 Å². The van der Waals surface area contributed by atoms with E-state index in [-0.39, 0.29) is 0 Å². The Morgan fingerprint density at radius 1 is 1.06 bits per heavy atom.